The molecule has 10 heteroatoms. The second-order valence-corrected chi connectivity index (χ2v) is 5.05. The van der Waals surface area contributed by atoms with Crippen LogP contribution in [0.1, 0.15) is 0 Å². The summed E-state index contributed by atoms with van der Waals surface area (Å²) in [6, 6.07) is 1.47. The molecule has 3 rings (SSSR count). The van der Waals surface area contributed by atoms with Gasteiger partial charge in [0.2, 0.25) is 5.28 Å². The standard InChI is InChI=1S/C11H5Cl3N6O/c12-5-1-2-16-7(13)6(5)20-8(15)4-3-17-10(14)18-9(4)19-11(20)21/h1-3,15H,(H,17,18,19,21). The number of nitrogens with one attached hydrogen (secondary N) is 2. The Morgan fingerprint density at radius 2 is 2.00 bits per heavy atom. The Hall–Kier alpha value is -1.96. The summed E-state index contributed by atoms with van der Waals surface area (Å²) in [5.41, 5.74) is -0.553. The number of hydrogen-bond donors (Lipinski definition) is 2. The van der Waals surface area contributed by atoms with Gasteiger partial charge in [-0.3, -0.25) is 10.4 Å². The third kappa shape index (κ3) is 2.29. The molecule has 21 heavy (non-hydrogen) atoms. The molecule has 0 amide bonds. The molecule has 3 aromatic heterocycles. The quantitative estimate of drug-likeness (QED) is 0.521. The zero-order chi connectivity index (χ0) is 15.1. The van der Waals surface area contributed by atoms with Gasteiger partial charge < -0.3 is 0 Å². The van der Waals surface area contributed by atoms with Gasteiger partial charge in [-0.1, -0.05) is 23.2 Å². The predicted octanol–water partition coefficient (Wildman–Crippen LogP) is 1.94. The third-order valence-electron chi connectivity index (χ3n) is 2.72. The molecule has 0 atom stereocenters. The minimum Gasteiger partial charge on any atom is -0.291 e. The molecule has 3 aromatic rings. The number of aromatic amines is 1. The lowest BCUT2D eigenvalue weighted by atomic mass is 10.3. The van der Waals surface area contributed by atoms with Crippen molar-refractivity contribution < 1.29 is 0 Å². The third-order valence-corrected chi connectivity index (χ3v) is 3.48. The molecule has 0 radical (unpaired) electrons. The molecule has 106 valence electrons. The van der Waals surface area contributed by atoms with E-state index in [-0.39, 0.29) is 37.7 Å². The summed E-state index contributed by atoms with van der Waals surface area (Å²) < 4.78 is 0.997. The Morgan fingerprint density at radius 3 is 2.71 bits per heavy atom. The van der Waals surface area contributed by atoms with Crippen LogP contribution >= 0.6 is 34.8 Å². The molecular formula is C11H5Cl3N6O. The Bertz CT molecular complexity index is 960. The molecule has 0 aromatic carbocycles. The summed E-state index contributed by atoms with van der Waals surface area (Å²) in [5.74, 6) is 0. The summed E-state index contributed by atoms with van der Waals surface area (Å²) in [6.07, 6.45) is 2.73. The molecule has 0 aliphatic rings. The van der Waals surface area contributed by atoms with Crippen LogP contribution in [-0.2, 0) is 0 Å². The number of halogens is 3. The number of nitrogens with zero attached hydrogens (tertiary/aromatic N) is 4. The maximum absolute atomic E-state index is 12.2. The van der Waals surface area contributed by atoms with Gasteiger partial charge in [-0.15, -0.1) is 0 Å². The Labute approximate surface area is 131 Å². The van der Waals surface area contributed by atoms with Gasteiger partial charge in [-0.2, -0.15) is 4.98 Å². The lowest BCUT2D eigenvalue weighted by Crippen LogP contribution is -2.34. The highest BCUT2D eigenvalue weighted by Gasteiger charge is 2.15. The van der Waals surface area contributed by atoms with Crippen molar-refractivity contribution in [2.24, 2.45) is 0 Å². The van der Waals surface area contributed by atoms with Gasteiger partial charge in [0.05, 0.1) is 10.4 Å². The van der Waals surface area contributed by atoms with Gasteiger partial charge in [0.15, 0.2) is 5.15 Å². The highest BCUT2D eigenvalue weighted by Crippen LogP contribution is 2.24. The first-order chi connectivity index (χ1) is 9.99. The summed E-state index contributed by atoms with van der Waals surface area (Å²) in [7, 11) is 0. The van der Waals surface area contributed by atoms with E-state index < -0.39 is 5.69 Å². The molecule has 3 heterocycles. The van der Waals surface area contributed by atoms with E-state index in [1.807, 2.05) is 0 Å². The molecule has 0 bridgehead atoms. The maximum Gasteiger partial charge on any atom is 0.333 e. The monoisotopic (exact) mass is 342 g/mol. The van der Waals surface area contributed by atoms with Crippen LogP contribution in [0.3, 0.4) is 0 Å². The minimum absolute atomic E-state index is 0.000678. The fourth-order valence-electron chi connectivity index (χ4n) is 1.83. The first kappa shape index (κ1) is 14.0. The van der Waals surface area contributed by atoms with Crippen LogP contribution in [-0.4, -0.2) is 24.5 Å². The summed E-state index contributed by atoms with van der Waals surface area (Å²) >= 11 is 17.7. The summed E-state index contributed by atoms with van der Waals surface area (Å²) in [5, 5.41) is 8.60. The van der Waals surface area contributed by atoms with Crippen molar-refractivity contribution in [2.75, 3.05) is 0 Å². The molecule has 0 saturated heterocycles. The molecule has 0 spiro atoms. The average molecular weight is 344 g/mol. The van der Waals surface area contributed by atoms with Crippen molar-refractivity contribution in [3.05, 3.63) is 49.9 Å². The fourth-order valence-corrected chi connectivity index (χ4v) is 2.48. The zero-order valence-corrected chi connectivity index (χ0v) is 12.3. The van der Waals surface area contributed by atoms with E-state index in [4.69, 9.17) is 40.2 Å². The Balaban J connectivity index is 2.48. The first-order valence-electron chi connectivity index (χ1n) is 5.51. The van der Waals surface area contributed by atoms with Gasteiger partial charge in [-0.25, -0.2) is 19.3 Å². The number of aromatic nitrogens is 5. The van der Waals surface area contributed by atoms with Crippen LogP contribution in [0, 0.1) is 5.41 Å². The minimum atomic E-state index is -0.640. The van der Waals surface area contributed by atoms with Crippen LogP contribution in [0.4, 0.5) is 0 Å². The van der Waals surface area contributed by atoms with E-state index in [9.17, 15) is 4.79 Å². The highest BCUT2D eigenvalue weighted by atomic mass is 35.5. The number of H-pyrrole nitrogens is 1. The lowest BCUT2D eigenvalue weighted by Gasteiger charge is -2.10. The lowest BCUT2D eigenvalue weighted by molar-refractivity contribution is 0.848. The number of pyridine rings is 1. The average Bonchev–Trinajstić information content (AvgIpc) is 2.41. The van der Waals surface area contributed by atoms with Gasteiger partial charge in [-0.05, 0) is 17.7 Å². The van der Waals surface area contributed by atoms with E-state index in [0.717, 1.165) is 4.57 Å². The Kier molecular flexibility index (Phi) is 3.40. The second-order valence-electron chi connectivity index (χ2n) is 3.95. The second kappa shape index (κ2) is 5.10. The van der Waals surface area contributed by atoms with E-state index in [1.54, 1.807) is 0 Å². The van der Waals surface area contributed by atoms with Crippen molar-refractivity contribution in [1.82, 2.24) is 24.5 Å². The molecule has 0 aliphatic heterocycles. The number of fused-ring (bicyclic) bond motifs is 1. The summed E-state index contributed by atoms with van der Waals surface area (Å²) in [6.45, 7) is 0. The van der Waals surface area contributed by atoms with Gasteiger partial charge in [0.1, 0.15) is 16.8 Å². The van der Waals surface area contributed by atoms with Crippen molar-refractivity contribution in [3.63, 3.8) is 0 Å². The van der Waals surface area contributed by atoms with E-state index in [0.29, 0.717) is 0 Å². The molecule has 0 aliphatic carbocycles. The van der Waals surface area contributed by atoms with Gasteiger partial charge >= 0.3 is 5.69 Å². The summed E-state index contributed by atoms with van der Waals surface area (Å²) in [4.78, 5) is 26.2. The van der Waals surface area contributed by atoms with E-state index in [2.05, 4.69) is 19.9 Å². The maximum atomic E-state index is 12.2. The molecule has 2 N–H and O–H groups in total. The highest BCUT2D eigenvalue weighted by molar-refractivity contribution is 6.37. The molecule has 0 fully saturated rings. The van der Waals surface area contributed by atoms with Crippen molar-refractivity contribution in [2.45, 2.75) is 0 Å². The number of hydrogen-bond acceptors (Lipinski definition) is 5. The smallest absolute Gasteiger partial charge is 0.291 e. The normalized spacial score (nSPS) is 11.0. The first-order valence-corrected chi connectivity index (χ1v) is 6.65. The van der Waals surface area contributed by atoms with Gasteiger partial charge in [0.25, 0.3) is 0 Å². The fraction of sp³-hybridized carbons (Fsp3) is 0. The van der Waals surface area contributed by atoms with Crippen molar-refractivity contribution in [3.8, 4) is 5.69 Å². The van der Waals surface area contributed by atoms with E-state index in [1.165, 1.54) is 18.5 Å². The van der Waals surface area contributed by atoms with Crippen molar-refractivity contribution >= 4 is 45.8 Å². The van der Waals surface area contributed by atoms with Crippen LogP contribution in [0.25, 0.3) is 16.7 Å². The van der Waals surface area contributed by atoms with Crippen LogP contribution in [0.2, 0.25) is 15.5 Å². The molecular weight excluding hydrogens is 339 g/mol. The molecule has 7 nitrogen and oxygen atoms in total. The topological polar surface area (TPSA) is 100 Å². The van der Waals surface area contributed by atoms with Gasteiger partial charge in [0, 0.05) is 12.4 Å². The van der Waals surface area contributed by atoms with Crippen LogP contribution in [0.15, 0.2) is 23.3 Å². The predicted molar refractivity (Wildman–Crippen MR) is 78.2 cm³/mol. The SMILES string of the molecule is N=c1c2cnc(Cl)nc2[nH]c(=O)n1-c1c(Cl)ccnc1Cl. The van der Waals surface area contributed by atoms with Crippen LogP contribution < -0.4 is 11.2 Å². The zero-order valence-electron chi connectivity index (χ0n) is 10.1. The van der Waals surface area contributed by atoms with E-state index >= 15 is 0 Å². The Morgan fingerprint density at radius 1 is 1.24 bits per heavy atom. The number of rotatable bonds is 1. The molecule has 0 unspecified atom stereocenters. The largest absolute Gasteiger partial charge is 0.333 e. The van der Waals surface area contributed by atoms with Crippen LogP contribution in [0.5, 0.6) is 0 Å². The molecule has 0 saturated carbocycles. The van der Waals surface area contributed by atoms with Crippen molar-refractivity contribution in [1.29, 1.82) is 5.41 Å².